The molecule has 0 saturated carbocycles. The van der Waals surface area contributed by atoms with Gasteiger partial charge in [0.25, 0.3) is 5.91 Å². The molecule has 1 amide bonds. The van der Waals surface area contributed by atoms with E-state index in [1.807, 2.05) is 23.6 Å². The Morgan fingerprint density at radius 3 is 2.42 bits per heavy atom. The molecule has 4 nitrogen and oxygen atoms in total. The van der Waals surface area contributed by atoms with E-state index in [4.69, 9.17) is 10.6 Å². The van der Waals surface area contributed by atoms with E-state index in [1.165, 1.54) is 21.9 Å². The van der Waals surface area contributed by atoms with Crippen LogP contribution in [-0.2, 0) is 17.6 Å². The second-order valence-corrected chi connectivity index (χ2v) is 5.69. The van der Waals surface area contributed by atoms with Gasteiger partial charge < -0.3 is 4.74 Å². The third-order valence-electron chi connectivity index (χ3n) is 3.95. The lowest BCUT2D eigenvalue weighted by Gasteiger charge is -2.08. The lowest BCUT2D eigenvalue weighted by molar-refractivity contribution is -0.123. The van der Waals surface area contributed by atoms with Gasteiger partial charge in [-0.2, -0.15) is 0 Å². The first-order valence-corrected chi connectivity index (χ1v) is 7.93. The number of aryl methyl sites for hydroxylation is 2. The zero-order chi connectivity index (χ0) is 16.8. The quantitative estimate of drug-likeness (QED) is 0.417. The molecule has 0 fully saturated rings. The summed E-state index contributed by atoms with van der Waals surface area (Å²) in [6.07, 6.45) is 1.87. The van der Waals surface area contributed by atoms with E-state index in [2.05, 4.69) is 48.5 Å². The zero-order valence-electron chi connectivity index (χ0n) is 13.4. The molecule has 122 valence electrons. The molecule has 4 heteroatoms. The molecule has 0 aliphatic rings. The highest BCUT2D eigenvalue weighted by molar-refractivity contribution is 5.83. The number of amides is 1. The Morgan fingerprint density at radius 2 is 1.62 bits per heavy atom. The van der Waals surface area contributed by atoms with Crippen molar-refractivity contribution in [2.24, 2.45) is 5.84 Å². The van der Waals surface area contributed by atoms with Crippen LogP contribution in [0.15, 0.2) is 66.7 Å². The van der Waals surface area contributed by atoms with Gasteiger partial charge in [-0.15, -0.1) is 0 Å². The van der Waals surface area contributed by atoms with Crippen LogP contribution in [0.5, 0.6) is 5.75 Å². The predicted octanol–water partition coefficient (Wildman–Crippen LogP) is 2.99. The van der Waals surface area contributed by atoms with Crippen molar-refractivity contribution in [2.75, 3.05) is 6.61 Å². The molecule has 3 aromatic carbocycles. The molecular formula is C20H20N2O2. The van der Waals surface area contributed by atoms with Gasteiger partial charge in [0, 0.05) is 0 Å². The summed E-state index contributed by atoms with van der Waals surface area (Å²) >= 11 is 0. The maximum absolute atomic E-state index is 11.1. The van der Waals surface area contributed by atoms with Crippen molar-refractivity contribution in [1.82, 2.24) is 5.43 Å². The minimum absolute atomic E-state index is 0.0787. The van der Waals surface area contributed by atoms with Gasteiger partial charge in [0.15, 0.2) is 6.61 Å². The van der Waals surface area contributed by atoms with Gasteiger partial charge in [0.2, 0.25) is 0 Å². The summed E-state index contributed by atoms with van der Waals surface area (Å²) in [5.41, 5.74) is 4.53. The molecule has 3 rings (SSSR count). The molecule has 0 aromatic heterocycles. The predicted molar refractivity (Wildman–Crippen MR) is 95.6 cm³/mol. The molecule has 0 spiro atoms. The standard InChI is InChI=1S/C20H20N2O2/c21-22-20(23)14-24-19-7-3-4-15(13-19)8-9-16-10-11-17-5-1-2-6-18(17)12-16/h1-7,10-13H,8-9,14,21H2,(H,22,23). The smallest absolute Gasteiger partial charge is 0.271 e. The average molecular weight is 320 g/mol. The molecule has 0 saturated heterocycles. The molecule has 0 aliphatic carbocycles. The highest BCUT2D eigenvalue weighted by atomic mass is 16.5. The maximum atomic E-state index is 11.1. The normalized spacial score (nSPS) is 10.5. The number of carbonyl (C=O) groups excluding carboxylic acids is 1. The Morgan fingerprint density at radius 1 is 0.875 bits per heavy atom. The van der Waals surface area contributed by atoms with Crippen LogP contribution in [0.1, 0.15) is 11.1 Å². The minimum Gasteiger partial charge on any atom is -0.484 e. The van der Waals surface area contributed by atoms with Gasteiger partial charge >= 0.3 is 0 Å². The molecule has 0 bridgehead atoms. The molecule has 3 aromatic rings. The van der Waals surface area contributed by atoms with Crippen LogP contribution in [0.2, 0.25) is 0 Å². The highest BCUT2D eigenvalue weighted by Crippen LogP contribution is 2.19. The number of carbonyl (C=O) groups is 1. The largest absolute Gasteiger partial charge is 0.484 e. The van der Waals surface area contributed by atoms with Crippen molar-refractivity contribution in [1.29, 1.82) is 0 Å². The Hall–Kier alpha value is -2.85. The van der Waals surface area contributed by atoms with E-state index in [0.717, 1.165) is 12.8 Å². The fourth-order valence-electron chi connectivity index (χ4n) is 2.66. The second-order valence-electron chi connectivity index (χ2n) is 5.69. The molecule has 3 N–H and O–H groups in total. The number of ether oxygens (including phenoxy) is 1. The van der Waals surface area contributed by atoms with Crippen molar-refractivity contribution < 1.29 is 9.53 Å². The zero-order valence-corrected chi connectivity index (χ0v) is 13.4. The Bertz CT molecular complexity index is 846. The van der Waals surface area contributed by atoms with Crippen molar-refractivity contribution in [3.63, 3.8) is 0 Å². The average Bonchev–Trinajstić information content (AvgIpc) is 2.64. The molecule has 0 atom stereocenters. The summed E-state index contributed by atoms with van der Waals surface area (Å²) in [7, 11) is 0. The SMILES string of the molecule is NNC(=O)COc1cccc(CCc2ccc3ccccc3c2)c1. The van der Waals surface area contributed by atoms with E-state index in [0.29, 0.717) is 5.75 Å². The Labute approximate surface area is 141 Å². The fraction of sp³-hybridized carbons (Fsp3) is 0.150. The molecule has 0 aliphatic heterocycles. The number of nitrogens with two attached hydrogens (primary N) is 1. The summed E-state index contributed by atoms with van der Waals surface area (Å²) < 4.78 is 5.42. The number of rotatable bonds is 6. The maximum Gasteiger partial charge on any atom is 0.271 e. The number of nitrogens with one attached hydrogen (secondary N) is 1. The van der Waals surface area contributed by atoms with Crippen LogP contribution < -0.4 is 16.0 Å². The summed E-state index contributed by atoms with van der Waals surface area (Å²) in [5, 5.41) is 2.52. The van der Waals surface area contributed by atoms with Gasteiger partial charge in [-0.05, 0) is 46.9 Å². The minimum atomic E-state index is -0.350. The first-order chi connectivity index (χ1) is 11.7. The van der Waals surface area contributed by atoms with Gasteiger partial charge in [-0.25, -0.2) is 5.84 Å². The van der Waals surface area contributed by atoms with E-state index in [-0.39, 0.29) is 12.5 Å². The van der Waals surface area contributed by atoms with Crippen LogP contribution in [0, 0.1) is 0 Å². The molecule has 0 heterocycles. The molecule has 0 unspecified atom stereocenters. The van der Waals surface area contributed by atoms with Gasteiger partial charge in [0.1, 0.15) is 5.75 Å². The van der Waals surface area contributed by atoms with Crippen molar-refractivity contribution in [2.45, 2.75) is 12.8 Å². The number of hydrogen-bond donors (Lipinski definition) is 2. The summed E-state index contributed by atoms with van der Waals surface area (Å²) in [6, 6.07) is 22.7. The Balaban J connectivity index is 1.64. The van der Waals surface area contributed by atoms with E-state index >= 15 is 0 Å². The number of benzene rings is 3. The topological polar surface area (TPSA) is 64.3 Å². The summed E-state index contributed by atoms with van der Waals surface area (Å²) in [6.45, 7) is -0.0787. The van der Waals surface area contributed by atoms with Gasteiger partial charge in [-0.3, -0.25) is 10.2 Å². The Kier molecular flexibility index (Phi) is 5.08. The summed E-state index contributed by atoms with van der Waals surface area (Å²) in [5.74, 6) is 5.36. The summed E-state index contributed by atoms with van der Waals surface area (Å²) in [4.78, 5) is 11.1. The van der Waals surface area contributed by atoms with Crippen LogP contribution >= 0.6 is 0 Å². The van der Waals surface area contributed by atoms with E-state index in [9.17, 15) is 4.79 Å². The monoisotopic (exact) mass is 320 g/mol. The van der Waals surface area contributed by atoms with Gasteiger partial charge in [-0.1, -0.05) is 54.6 Å². The first-order valence-electron chi connectivity index (χ1n) is 7.93. The number of hydrogen-bond acceptors (Lipinski definition) is 3. The molecular weight excluding hydrogens is 300 g/mol. The number of hydrazine groups is 1. The van der Waals surface area contributed by atoms with Crippen molar-refractivity contribution in [3.8, 4) is 5.75 Å². The van der Waals surface area contributed by atoms with E-state index < -0.39 is 0 Å². The molecule has 0 radical (unpaired) electrons. The van der Waals surface area contributed by atoms with Crippen molar-refractivity contribution in [3.05, 3.63) is 77.9 Å². The third-order valence-corrected chi connectivity index (χ3v) is 3.95. The van der Waals surface area contributed by atoms with Crippen LogP contribution in [0.25, 0.3) is 10.8 Å². The van der Waals surface area contributed by atoms with Gasteiger partial charge in [0.05, 0.1) is 0 Å². The fourth-order valence-corrected chi connectivity index (χ4v) is 2.66. The van der Waals surface area contributed by atoms with E-state index in [1.54, 1.807) is 0 Å². The van der Waals surface area contributed by atoms with Crippen LogP contribution in [0.4, 0.5) is 0 Å². The lowest BCUT2D eigenvalue weighted by atomic mass is 10.0. The molecule has 24 heavy (non-hydrogen) atoms. The van der Waals surface area contributed by atoms with Crippen LogP contribution in [-0.4, -0.2) is 12.5 Å². The number of fused-ring (bicyclic) bond motifs is 1. The highest BCUT2D eigenvalue weighted by Gasteiger charge is 2.02. The second kappa shape index (κ2) is 7.62. The third kappa shape index (κ3) is 4.12. The van der Waals surface area contributed by atoms with Crippen molar-refractivity contribution >= 4 is 16.7 Å². The lowest BCUT2D eigenvalue weighted by Crippen LogP contribution is -2.34. The van der Waals surface area contributed by atoms with Crippen LogP contribution in [0.3, 0.4) is 0 Å². The first kappa shape index (κ1) is 16.0.